The van der Waals surface area contributed by atoms with E-state index in [4.69, 9.17) is 9.26 Å². The molecule has 0 saturated carbocycles. The summed E-state index contributed by atoms with van der Waals surface area (Å²) < 4.78 is 10.8. The average Bonchev–Trinajstić information content (AvgIpc) is 2.94. The van der Waals surface area contributed by atoms with Crippen LogP contribution in [0.4, 0.5) is 0 Å². The molecule has 1 N–H and O–H groups in total. The van der Waals surface area contributed by atoms with Crippen molar-refractivity contribution in [2.24, 2.45) is 5.92 Å². The molecule has 1 aliphatic rings. The Balaban J connectivity index is 2.14. The van der Waals surface area contributed by atoms with E-state index in [1.807, 2.05) is 32.8 Å². The Morgan fingerprint density at radius 2 is 2.05 bits per heavy atom. The molecule has 1 unspecified atom stereocenters. The molecule has 7 heteroatoms. The third-order valence-corrected chi connectivity index (χ3v) is 3.75. The smallest absolute Gasteiger partial charge is 0.249 e. The van der Waals surface area contributed by atoms with Crippen molar-refractivity contribution < 1.29 is 14.1 Å². The van der Waals surface area contributed by atoms with E-state index in [2.05, 4.69) is 15.5 Å². The van der Waals surface area contributed by atoms with Gasteiger partial charge in [-0.1, -0.05) is 19.0 Å². The average molecular weight is 310 g/mol. The molecule has 1 aromatic rings. The molecular weight excluding hydrogens is 284 g/mol. The number of nitrogens with one attached hydrogen (secondary N) is 1. The first-order valence-electron chi connectivity index (χ1n) is 7.82. The summed E-state index contributed by atoms with van der Waals surface area (Å²) in [6.07, 6.45) is 1.76. The molecule has 2 rings (SSSR count). The van der Waals surface area contributed by atoms with Gasteiger partial charge >= 0.3 is 0 Å². The van der Waals surface area contributed by atoms with Crippen molar-refractivity contribution in [3.63, 3.8) is 0 Å². The molecule has 1 aromatic heterocycles. The molecule has 1 saturated heterocycles. The monoisotopic (exact) mass is 310 g/mol. The number of likely N-dealkylation sites (N-methyl/N-ethyl adjacent to an activating group) is 1. The van der Waals surface area contributed by atoms with E-state index >= 15 is 0 Å². The standard InChI is InChI=1S/C15H26N4O3/c1-10(2)14-17-15(22-18-14)13(11-5-7-21-8-6-11)16-12(20)9-19(3)4/h10-11,13H,5-9H2,1-4H3,(H,16,20). The van der Waals surface area contributed by atoms with Crippen molar-refractivity contribution in [1.29, 1.82) is 0 Å². The molecule has 7 nitrogen and oxygen atoms in total. The van der Waals surface area contributed by atoms with E-state index < -0.39 is 0 Å². The number of hydrogen-bond donors (Lipinski definition) is 1. The molecule has 1 fully saturated rings. The first kappa shape index (κ1) is 16.9. The first-order chi connectivity index (χ1) is 10.5. The van der Waals surface area contributed by atoms with Crippen molar-refractivity contribution in [3.05, 3.63) is 11.7 Å². The second kappa shape index (κ2) is 7.69. The van der Waals surface area contributed by atoms with Crippen LogP contribution in [0.15, 0.2) is 4.52 Å². The summed E-state index contributed by atoms with van der Waals surface area (Å²) in [5, 5.41) is 7.07. The Morgan fingerprint density at radius 3 is 2.59 bits per heavy atom. The first-order valence-corrected chi connectivity index (χ1v) is 7.82. The highest BCUT2D eigenvalue weighted by molar-refractivity contribution is 5.78. The summed E-state index contributed by atoms with van der Waals surface area (Å²) in [6, 6.07) is -0.239. The third kappa shape index (κ3) is 4.51. The number of carbonyl (C=O) groups is 1. The van der Waals surface area contributed by atoms with Gasteiger partial charge in [-0.15, -0.1) is 0 Å². The molecule has 1 atom stereocenters. The molecule has 1 aliphatic heterocycles. The number of carbonyl (C=O) groups excluding carboxylic acids is 1. The second-order valence-corrected chi connectivity index (χ2v) is 6.38. The fourth-order valence-electron chi connectivity index (χ4n) is 2.54. The summed E-state index contributed by atoms with van der Waals surface area (Å²) in [4.78, 5) is 18.5. The lowest BCUT2D eigenvalue weighted by atomic mass is 9.91. The fraction of sp³-hybridized carbons (Fsp3) is 0.800. The lowest BCUT2D eigenvalue weighted by Gasteiger charge is -2.28. The largest absolute Gasteiger partial charge is 0.381 e. The van der Waals surface area contributed by atoms with E-state index in [9.17, 15) is 4.79 Å². The topological polar surface area (TPSA) is 80.5 Å². The zero-order valence-corrected chi connectivity index (χ0v) is 13.8. The Bertz CT molecular complexity index is 481. The van der Waals surface area contributed by atoms with E-state index in [-0.39, 0.29) is 23.8 Å². The predicted molar refractivity (Wildman–Crippen MR) is 81.4 cm³/mol. The number of amides is 1. The molecule has 1 amide bonds. The summed E-state index contributed by atoms with van der Waals surface area (Å²) in [6.45, 7) is 5.78. The van der Waals surface area contributed by atoms with Gasteiger partial charge in [0.25, 0.3) is 0 Å². The van der Waals surface area contributed by atoms with Gasteiger partial charge in [0.05, 0.1) is 6.54 Å². The molecule has 124 valence electrons. The number of hydrogen-bond acceptors (Lipinski definition) is 6. The van der Waals surface area contributed by atoms with Gasteiger partial charge in [0.2, 0.25) is 11.8 Å². The van der Waals surface area contributed by atoms with Crippen LogP contribution in [-0.4, -0.2) is 54.8 Å². The van der Waals surface area contributed by atoms with Crippen LogP contribution in [0.3, 0.4) is 0 Å². The van der Waals surface area contributed by atoms with E-state index in [0.717, 1.165) is 12.8 Å². The predicted octanol–water partition coefficient (Wildman–Crippen LogP) is 1.34. The van der Waals surface area contributed by atoms with Crippen molar-refractivity contribution in [2.75, 3.05) is 33.9 Å². The fourth-order valence-corrected chi connectivity index (χ4v) is 2.54. The van der Waals surface area contributed by atoms with Crippen LogP contribution in [0.5, 0.6) is 0 Å². The van der Waals surface area contributed by atoms with Crippen LogP contribution < -0.4 is 5.32 Å². The number of ether oxygens (including phenoxy) is 1. The zero-order chi connectivity index (χ0) is 16.1. The Kier molecular flexibility index (Phi) is 5.90. The molecule has 0 aromatic carbocycles. The lowest BCUT2D eigenvalue weighted by molar-refractivity contribution is -0.123. The molecule has 0 radical (unpaired) electrons. The Morgan fingerprint density at radius 1 is 1.36 bits per heavy atom. The van der Waals surface area contributed by atoms with Gasteiger partial charge in [0.15, 0.2) is 5.82 Å². The highest BCUT2D eigenvalue weighted by Gasteiger charge is 2.31. The van der Waals surface area contributed by atoms with Gasteiger partial charge in [0.1, 0.15) is 6.04 Å². The molecule has 22 heavy (non-hydrogen) atoms. The highest BCUT2D eigenvalue weighted by atomic mass is 16.5. The maximum atomic E-state index is 12.1. The minimum Gasteiger partial charge on any atom is -0.381 e. The third-order valence-electron chi connectivity index (χ3n) is 3.75. The van der Waals surface area contributed by atoms with Crippen LogP contribution in [0.2, 0.25) is 0 Å². The molecular formula is C15H26N4O3. The summed E-state index contributed by atoms with van der Waals surface area (Å²) in [5.41, 5.74) is 0. The van der Waals surface area contributed by atoms with Gasteiger partial charge in [-0.3, -0.25) is 4.79 Å². The van der Waals surface area contributed by atoms with Gasteiger partial charge in [-0.05, 0) is 32.9 Å². The van der Waals surface area contributed by atoms with Crippen LogP contribution in [-0.2, 0) is 9.53 Å². The number of nitrogens with zero attached hydrogens (tertiary/aromatic N) is 3. The van der Waals surface area contributed by atoms with Crippen LogP contribution in [0.25, 0.3) is 0 Å². The molecule has 0 spiro atoms. The van der Waals surface area contributed by atoms with E-state index in [1.54, 1.807) is 0 Å². The summed E-state index contributed by atoms with van der Waals surface area (Å²) in [7, 11) is 3.74. The highest BCUT2D eigenvalue weighted by Crippen LogP contribution is 2.29. The van der Waals surface area contributed by atoms with Crippen molar-refractivity contribution in [1.82, 2.24) is 20.4 Å². The Hall–Kier alpha value is -1.47. The molecule has 0 bridgehead atoms. The number of rotatable bonds is 6. The molecule has 0 aliphatic carbocycles. The van der Waals surface area contributed by atoms with E-state index in [0.29, 0.717) is 31.5 Å². The van der Waals surface area contributed by atoms with Gasteiger partial charge < -0.3 is 19.5 Å². The van der Waals surface area contributed by atoms with Crippen molar-refractivity contribution in [2.45, 2.75) is 38.6 Å². The molecule has 2 heterocycles. The van der Waals surface area contributed by atoms with Crippen LogP contribution in [0.1, 0.15) is 50.4 Å². The maximum Gasteiger partial charge on any atom is 0.249 e. The minimum absolute atomic E-state index is 0.0363. The van der Waals surface area contributed by atoms with E-state index in [1.165, 1.54) is 0 Å². The zero-order valence-electron chi connectivity index (χ0n) is 13.8. The SMILES string of the molecule is CC(C)c1noc(C(NC(=O)CN(C)C)C2CCOCC2)n1. The van der Waals surface area contributed by atoms with Crippen LogP contribution in [0, 0.1) is 5.92 Å². The van der Waals surface area contributed by atoms with Crippen LogP contribution >= 0.6 is 0 Å². The summed E-state index contributed by atoms with van der Waals surface area (Å²) >= 11 is 0. The normalized spacial score (nSPS) is 17.9. The van der Waals surface area contributed by atoms with Crippen molar-refractivity contribution in [3.8, 4) is 0 Å². The maximum absolute atomic E-state index is 12.1. The van der Waals surface area contributed by atoms with Gasteiger partial charge in [-0.2, -0.15) is 4.98 Å². The Labute approximate surface area is 131 Å². The number of aromatic nitrogens is 2. The quantitative estimate of drug-likeness (QED) is 0.854. The minimum atomic E-state index is -0.239. The summed E-state index contributed by atoms with van der Waals surface area (Å²) in [5.74, 6) is 1.60. The van der Waals surface area contributed by atoms with Crippen molar-refractivity contribution >= 4 is 5.91 Å². The second-order valence-electron chi connectivity index (χ2n) is 6.38. The van der Waals surface area contributed by atoms with Gasteiger partial charge in [0, 0.05) is 19.1 Å². The van der Waals surface area contributed by atoms with Gasteiger partial charge in [-0.25, -0.2) is 0 Å². The lowest BCUT2D eigenvalue weighted by Crippen LogP contribution is -2.40.